The summed E-state index contributed by atoms with van der Waals surface area (Å²) in [6.07, 6.45) is -5.35. The number of halogens is 3. The van der Waals surface area contributed by atoms with Crippen LogP contribution in [0.5, 0.6) is 5.88 Å². The molecule has 0 atom stereocenters. The van der Waals surface area contributed by atoms with E-state index in [1.54, 1.807) is 6.07 Å². The van der Waals surface area contributed by atoms with Crippen molar-refractivity contribution in [2.75, 3.05) is 0 Å². The van der Waals surface area contributed by atoms with Crippen LogP contribution < -0.4 is 4.74 Å². The first kappa shape index (κ1) is 12.7. The Balaban J connectivity index is 3.17. The minimum Gasteiger partial charge on any atom is -0.381 e. The van der Waals surface area contributed by atoms with Gasteiger partial charge in [0, 0.05) is 6.07 Å². The van der Waals surface area contributed by atoms with Gasteiger partial charge in [0.15, 0.2) is 0 Å². The minimum absolute atomic E-state index is 0.0441. The van der Waals surface area contributed by atoms with E-state index >= 15 is 0 Å². The third-order valence-electron chi connectivity index (χ3n) is 1.57. The lowest BCUT2D eigenvalue weighted by molar-refractivity contribution is -0.389. The summed E-state index contributed by atoms with van der Waals surface area (Å²) < 4.78 is 39.3. The maximum atomic E-state index is 12.0. The second-order valence-electron chi connectivity index (χ2n) is 2.77. The number of nitro groups is 1. The van der Waals surface area contributed by atoms with Crippen molar-refractivity contribution in [1.29, 1.82) is 5.26 Å². The van der Waals surface area contributed by atoms with Crippen LogP contribution in [-0.4, -0.2) is 16.3 Å². The molecule has 0 bridgehead atoms. The van der Waals surface area contributed by atoms with Gasteiger partial charge < -0.3 is 4.74 Å². The molecule has 0 saturated heterocycles. The van der Waals surface area contributed by atoms with E-state index in [0.29, 0.717) is 0 Å². The molecule has 1 rings (SSSR count). The summed E-state index contributed by atoms with van der Waals surface area (Å²) in [7, 11) is 0. The Morgan fingerprint density at radius 1 is 1.53 bits per heavy atom. The Bertz CT molecular complexity index is 481. The SMILES string of the molecule is N#CCc1ccc([N+](=O)[O-])c(OC(F)(F)F)n1. The van der Waals surface area contributed by atoms with E-state index in [2.05, 4.69) is 9.72 Å². The average molecular weight is 247 g/mol. The number of hydrogen-bond acceptors (Lipinski definition) is 5. The Labute approximate surface area is 92.4 Å². The Morgan fingerprint density at radius 2 is 2.18 bits per heavy atom. The first-order valence-electron chi connectivity index (χ1n) is 4.10. The molecule has 0 spiro atoms. The predicted molar refractivity (Wildman–Crippen MR) is 46.9 cm³/mol. The van der Waals surface area contributed by atoms with Gasteiger partial charge in [-0.1, -0.05) is 0 Å². The zero-order chi connectivity index (χ0) is 13.1. The van der Waals surface area contributed by atoms with Crippen LogP contribution in [0.4, 0.5) is 18.9 Å². The van der Waals surface area contributed by atoms with E-state index < -0.39 is 22.9 Å². The number of alkyl halides is 3. The van der Waals surface area contributed by atoms with Gasteiger partial charge in [0.25, 0.3) is 0 Å². The largest absolute Gasteiger partial charge is 0.574 e. The maximum Gasteiger partial charge on any atom is 0.574 e. The average Bonchev–Trinajstić information content (AvgIpc) is 2.15. The van der Waals surface area contributed by atoms with Crippen molar-refractivity contribution in [3.8, 4) is 11.9 Å². The molecule has 0 radical (unpaired) electrons. The number of nitrogens with zero attached hydrogens (tertiary/aromatic N) is 3. The van der Waals surface area contributed by atoms with Gasteiger partial charge in [-0.25, -0.2) is 4.98 Å². The van der Waals surface area contributed by atoms with Gasteiger partial charge in [0.05, 0.1) is 23.1 Å². The topological polar surface area (TPSA) is 89.0 Å². The van der Waals surface area contributed by atoms with Crippen LogP contribution in [-0.2, 0) is 6.42 Å². The number of rotatable bonds is 3. The number of pyridine rings is 1. The predicted octanol–water partition coefficient (Wildman–Crippen LogP) is 1.95. The molecule has 6 nitrogen and oxygen atoms in total. The molecular weight excluding hydrogens is 243 g/mol. The molecule has 1 aromatic heterocycles. The zero-order valence-corrected chi connectivity index (χ0v) is 8.06. The molecule has 0 N–H and O–H groups in total. The highest BCUT2D eigenvalue weighted by Crippen LogP contribution is 2.29. The Morgan fingerprint density at radius 3 is 2.65 bits per heavy atom. The van der Waals surface area contributed by atoms with Crippen molar-refractivity contribution < 1.29 is 22.8 Å². The van der Waals surface area contributed by atoms with E-state index in [1.807, 2.05) is 0 Å². The van der Waals surface area contributed by atoms with Crippen LogP contribution in [0.1, 0.15) is 5.69 Å². The quantitative estimate of drug-likeness (QED) is 0.601. The van der Waals surface area contributed by atoms with E-state index in [-0.39, 0.29) is 12.1 Å². The summed E-state index contributed by atoms with van der Waals surface area (Å²) in [5.41, 5.74) is -0.957. The Hall–Kier alpha value is -2.37. The molecule has 9 heteroatoms. The second kappa shape index (κ2) is 4.65. The molecule has 1 heterocycles. The Kier molecular flexibility index (Phi) is 3.47. The highest BCUT2D eigenvalue weighted by molar-refractivity contribution is 5.42. The first-order valence-corrected chi connectivity index (χ1v) is 4.10. The van der Waals surface area contributed by atoms with Crippen LogP contribution in [0.3, 0.4) is 0 Å². The second-order valence-corrected chi connectivity index (χ2v) is 2.77. The van der Waals surface area contributed by atoms with E-state index in [0.717, 1.165) is 12.1 Å². The van der Waals surface area contributed by atoms with Gasteiger partial charge in [-0.15, -0.1) is 13.2 Å². The van der Waals surface area contributed by atoms with Crippen LogP contribution in [0.15, 0.2) is 12.1 Å². The van der Waals surface area contributed by atoms with Gasteiger partial charge in [0.2, 0.25) is 0 Å². The molecule has 1 aromatic rings. The van der Waals surface area contributed by atoms with Gasteiger partial charge in [0.1, 0.15) is 0 Å². The molecule has 0 aliphatic heterocycles. The first-order chi connectivity index (χ1) is 7.83. The fourth-order valence-corrected chi connectivity index (χ4v) is 0.975. The molecule has 0 amide bonds. The fourth-order valence-electron chi connectivity index (χ4n) is 0.975. The van der Waals surface area contributed by atoms with Crippen LogP contribution in [0.2, 0.25) is 0 Å². The fraction of sp³-hybridized carbons (Fsp3) is 0.250. The van der Waals surface area contributed by atoms with Gasteiger partial charge in [-0.2, -0.15) is 5.26 Å². The third-order valence-corrected chi connectivity index (χ3v) is 1.57. The van der Waals surface area contributed by atoms with Crippen LogP contribution in [0, 0.1) is 21.4 Å². The molecule has 0 aliphatic carbocycles. The molecule has 0 aromatic carbocycles. The lowest BCUT2D eigenvalue weighted by Gasteiger charge is -2.08. The summed E-state index contributed by atoms with van der Waals surface area (Å²) in [6, 6.07) is 3.55. The van der Waals surface area contributed by atoms with Crippen molar-refractivity contribution >= 4 is 5.69 Å². The molecule has 0 fully saturated rings. The summed E-state index contributed by atoms with van der Waals surface area (Å²) in [5, 5.41) is 18.8. The molecule has 17 heavy (non-hydrogen) atoms. The summed E-state index contributed by atoms with van der Waals surface area (Å²) in [6.45, 7) is 0. The van der Waals surface area contributed by atoms with Crippen molar-refractivity contribution in [1.82, 2.24) is 4.98 Å². The van der Waals surface area contributed by atoms with Crippen molar-refractivity contribution in [3.05, 3.63) is 27.9 Å². The van der Waals surface area contributed by atoms with Crippen molar-refractivity contribution in [3.63, 3.8) is 0 Å². The van der Waals surface area contributed by atoms with Crippen LogP contribution >= 0.6 is 0 Å². The van der Waals surface area contributed by atoms with Crippen molar-refractivity contribution in [2.45, 2.75) is 12.8 Å². The maximum absolute atomic E-state index is 12.0. The number of nitriles is 1. The summed E-state index contributed by atoms with van der Waals surface area (Å²) >= 11 is 0. The highest BCUT2D eigenvalue weighted by Gasteiger charge is 2.35. The minimum atomic E-state index is -5.08. The summed E-state index contributed by atoms with van der Waals surface area (Å²) in [4.78, 5) is 12.6. The van der Waals surface area contributed by atoms with E-state index in [4.69, 9.17) is 5.26 Å². The van der Waals surface area contributed by atoms with E-state index in [9.17, 15) is 23.3 Å². The summed E-state index contributed by atoms with van der Waals surface area (Å²) in [5.74, 6) is -1.17. The van der Waals surface area contributed by atoms with E-state index in [1.165, 1.54) is 0 Å². The number of ether oxygens (including phenoxy) is 1. The van der Waals surface area contributed by atoms with Crippen molar-refractivity contribution in [2.24, 2.45) is 0 Å². The standard InChI is InChI=1S/C8H4F3N3O3/c9-8(10,11)17-7-6(14(15)16)2-1-5(13-7)3-4-12/h1-2H,3H2. The number of aromatic nitrogens is 1. The molecule has 90 valence electrons. The molecule has 0 aliphatic rings. The van der Waals surface area contributed by atoms with Crippen LogP contribution in [0.25, 0.3) is 0 Å². The van der Waals surface area contributed by atoms with Gasteiger partial charge in [-0.05, 0) is 6.07 Å². The molecular formula is C8H4F3N3O3. The monoisotopic (exact) mass is 247 g/mol. The number of hydrogen-bond donors (Lipinski definition) is 0. The highest BCUT2D eigenvalue weighted by atomic mass is 19.4. The van der Waals surface area contributed by atoms with Gasteiger partial charge >= 0.3 is 17.9 Å². The smallest absolute Gasteiger partial charge is 0.381 e. The van der Waals surface area contributed by atoms with Gasteiger partial charge in [-0.3, -0.25) is 10.1 Å². The normalized spacial score (nSPS) is 10.7. The zero-order valence-electron chi connectivity index (χ0n) is 8.06. The molecule has 0 saturated carbocycles. The lowest BCUT2D eigenvalue weighted by Crippen LogP contribution is -2.19. The molecule has 0 unspecified atom stereocenters. The third kappa shape index (κ3) is 3.60. The lowest BCUT2D eigenvalue weighted by atomic mass is 10.3.